The number of amides is 1. The fourth-order valence-corrected chi connectivity index (χ4v) is 2.26. The van der Waals surface area contributed by atoms with Gasteiger partial charge >= 0.3 is 0 Å². The van der Waals surface area contributed by atoms with E-state index in [0.29, 0.717) is 16.6 Å². The first-order valence-electron chi connectivity index (χ1n) is 5.97. The second-order valence-electron chi connectivity index (χ2n) is 4.59. The van der Waals surface area contributed by atoms with Crippen molar-refractivity contribution in [3.05, 3.63) is 34.9 Å². The van der Waals surface area contributed by atoms with Gasteiger partial charge in [-0.05, 0) is 49.9 Å². The van der Waals surface area contributed by atoms with Crippen molar-refractivity contribution in [3.63, 3.8) is 0 Å². The lowest BCUT2D eigenvalue weighted by atomic mass is 9.91. The van der Waals surface area contributed by atoms with Gasteiger partial charge in [-0.25, -0.2) is 0 Å². The van der Waals surface area contributed by atoms with Gasteiger partial charge in [0.1, 0.15) is 0 Å². The molecule has 0 heterocycles. The second-order valence-corrected chi connectivity index (χ2v) is 5.03. The maximum atomic E-state index is 11.9. The lowest BCUT2D eigenvalue weighted by Gasteiger charge is -2.26. The van der Waals surface area contributed by atoms with E-state index in [9.17, 15) is 4.79 Å². The number of rotatable bonds is 2. The fraction of sp³-hybridized carbons (Fsp3) is 0.462. The fourth-order valence-electron chi connectivity index (χ4n) is 2.13. The molecule has 0 radical (unpaired) electrons. The van der Waals surface area contributed by atoms with E-state index >= 15 is 0 Å². The average molecular weight is 289 g/mol. The Morgan fingerprint density at radius 2 is 1.72 bits per heavy atom. The molecule has 1 aliphatic rings. The van der Waals surface area contributed by atoms with Gasteiger partial charge in [-0.1, -0.05) is 11.6 Å². The smallest absolute Gasteiger partial charge is 0.251 e. The molecule has 0 unspecified atom stereocenters. The summed E-state index contributed by atoms with van der Waals surface area (Å²) in [7, 11) is 0. The van der Waals surface area contributed by atoms with Crippen molar-refractivity contribution in [1.29, 1.82) is 0 Å². The van der Waals surface area contributed by atoms with Crippen molar-refractivity contribution in [2.24, 2.45) is 5.73 Å². The topological polar surface area (TPSA) is 55.1 Å². The molecule has 18 heavy (non-hydrogen) atoms. The predicted molar refractivity (Wildman–Crippen MR) is 76.4 cm³/mol. The summed E-state index contributed by atoms with van der Waals surface area (Å²) in [5.41, 5.74) is 6.48. The van der Waals surface area contributed by atoms with Gasteiger partial charge in [0.05, 0.1) is 0 Å². The number of carbonyl (C=O) groups excluding carboxylic acids is 1. The van der Waals surface area contributed by atoms with Crippen molar-refractivity contribution < 1.29 is 4.79 Å². The Labute approximate surface area is 118 Å². The van der Waals surface area contributed by atoms with E-state index in [1.165, 1.54) is 0 Å². The lowest BCUT2D eigenvalue weighted by molar-refractivity contribution is 0.0926. The molecule has 0 saturated heterocycles. The molecule has 1 aromatic rings. The second kappa shape index (κ2) is 6.98. The van der Waals surface area contributed by atoms with Crippen LogP contribution in [0.2, 0.25) is 5.02 Å². The summed E-state index contributed by atoms with van der Waals surface area (Å²) in [4.78, 5) is 11.9. The van der Waals surface area contributed by atoms with Crippen molar-refractivity contribution >= 4 is 29.9 Å². The molecular formula is C13H18Cl2N2O. The van der Waals surface area contributed by atoms with E-state index in [4.69, 9.17) is 17.3 Å². The van der Waals surface area contributed by atoms with Crippen LogP contribution in [0.1, 0.15) is 36.0 Å². The number of hydrogen-bond acceptors (Lipinski definition) is 2. The highest BCUT2D eigenvalue weighted by Gasteiger charge is 2.20. The Kier molecular flexibility index (Phi) is 5.93. The quantitative estimate of drug-likeness (QED) is 0.879. The molecule has 1 fully saturated rings. The summed E-state index contributed by atoms with van der Waals surface area (Å²) in [5, 5.41) is 3.68. The zero-order chi connectivity index (χ0) is 12.3. The van der Waals surface area contributed by atoms with Gasteiger partial charge in [0.2, 0.25) is 0 Å². The Balaban J connectivity index is 0.00000162. The summed E-state index contributed by atoms with van der Waals surface area (Å²) in [6.45, 7) is 0. The van der Waals surface area contributed by atoms with E-state index in [0.717, 1.165) is 25.7 Å². The molecule has 5 heteroatoms. The minimum atomic E-state index is -0.0258. The number of benzene rings is 1. The minimum Gasteiger partial charge on any atom is -0.349 e. The monoisotopic (exact) mass is 288 g/mol. The molecule has 100 valence electrons. The SMILES string of the molecule is Cl.NC1CCC(NC(=O)c2ccc(Cl)cc2)CC1. The molecule has 3 N–H and O–H groups in total. The molecular weight excluding hydrogens is 271 g/mol. The van der Waals surface area contributed by atoms with Crippen LogP contribution in [0.5, 0.6) is 0 Å². The maximum absolute atomic E-state index is 11.9. The zero-order valence-corrected chi connectivity index (χ0v) is 11.6. The van der Waals surface area contributed by atoms with E-state index < -0.39 is 0 Å². The highest BCUT2D eigenvalue weighted by molar-refractivity contribution is 6.30. The van der Waals surface area contributed by atoms with Crippen molar-refractivity contribution in [1.82, 2.24) is 5.32 Å². The van der Waals surface area contributed by atoms with Crippen LogP contribution in [0, 0.1) is 0 Å². The van der Waals surface area contributed by atoms with Crippen molar-refractivity contribution in [2.45, 2.75) is 37.8 Å². The van der Waals surface area contributed by atoms with Gasteiger partial charge in [0.15, 0.2) is 0 Å². The summed E-state index contributed by atoms with van der Waals surface area (Å²) >= 11 is 5.78. The van der Waals surface area contributed by atoms with Crippen molar-refractivity contribution in [2.75, 3.05) is 0 Å². The first-order chi connectivity index (χ1) is 8.15. The van der Waals surface area contributed by atoms with Gasteiger partial charge in [-0.2, -0.15) is 0 Å². The van der Waals surface area contributed by atoms with Gasteiger partial charge < -0.3 is 11.1 Å². The molecule has 1 saturated carbocycles. The third-order valence-electron chi connectivity index (χ3n) is 3.21. The zero-order valence-electron chi connectivity index (χ0n) is 10.1. The Morgan fingerprint density at radius 1 is 1.17 bits per heavy atom. The van der Waals surface area contributed by atoms with Gasteiger partial charge in [-0.15, -0.1) is 12.4 Å². The molecule has 3 nitrogen and oxygen atoms in total. The van der Waals surface area contributed by atoms with E-state index in [1.807, 2.05) is 0 Å². The van der Waals surface area contributed by atoms with Crippen molar-refractivity contribution in [3.8, 4) is 0 Å². The van der Waals surface area contributed by atoms with Crippen LogP contribution < -0.4 is 11.1 Å². The molecule has 0 aliphatic heterocycles. The molecule has 1 aliphatic carbocycles. The van der Waals surface area contributed by atoms with E-state index in [-0.39, 0.29) is 24.4 Å². The van der Waals surface area contributed by atoms with Gasteiger partial charge in [0.25, 0.3) is 5.91 Å². The Bertz CT molecular complexity index is 386. The number of carbonyl (C=O) groups is 1. The minimum absolute atomic E-state index is 0. The van der Waals surface area contributed by atoms with Crippen LogP contribution in [0.25, 0.3) is 0 Å². The molecule has 0 bridgehead atoms. The van der Waals surface area contributed by atoms with Crippen LogP contribution in [0.4, 0.5) is 0 Å². The van der Waals surface area contributed by atoms with Crippen LogP contribution >= 0.6 is 24.0 Å². The summed E-state index contributed by atoms with van der Waals surface area (Å²) < 4.78 is 0. The van der Waals surface area contributed by atoms with Crippen LogP contribution in [0.15, 0.2) is 24.3 Å². The van der Waals surface area contributed by atoms with Crippen LogP contribution in [0.3, 0.4) is 0 Å². The third-order valence-corrected chi connectivity index (χ3v) is 3.47. The number of hydrogen-bond donors (Lipinski definition) is 2. The Morgan fingerprint density at radius 3 is 2.28 bits per heavy atom. The molecule has 1 aromatic carbocycles. The molecule has 0 spiro atoms. The molecule has 0 atom stereocenters. The highest BCUT2D eigenvalue weighted by atomic mass is 35.5. The first-order valence-corrected chi connectivity index (χ1v) is 6.35. The standard InChI is InChI=1S/C13H17ClN2O.ClH/c14-10-3-1-9(2-4-10)13(17)16-12-7-5-11(15)6-8-12;/h1-4,11-12H,5-8,15H2,(H,16,17);1H. The largest absolute Gasteiger partial charge is 0.349 e. The summed E-state index contributed by atoms with van der Waals surface area (Å²) in [6, 6.07) is 7.51. The van der Waals surface area contributed by atoms with E-state index in [2.05, 4.69) is 5.32 Å². The number of halogens is 2. The van der Waals surface area contributed by atoms with Crippen LogP contribution in [-0.4, -0.2) is 18.0 Å². The first kappa shape index (κ1) is 15.3. The van der Waals surface area contributed by atoms with Gasteiger partial charge in [0, 0.05) is 22.7 Å². The van der Waals surface area contributed by atoms with Gasteiger partial charge in [-0.3, -0.25) is 4.79 Å². The number of nitrogens with one attached hydrogen (secondary N) is 1. The molecule has 2 rings (SSSR count). The normalized spacial score (nSPS) is 23.0. The maximum Gasteiger partial charge on any atom is 0.251 e. The third kappa shape index (κ3) is 4.16. The highest BCUT2D eigenvalue weighted by Crippen LogP contribution is 2.17. The lowest BCUT2D eigenvalue weighted by Crippen LogP contribution is -2.40. The van der Waals surface area contributed by atoms with E-state index in [1.54, 1.807) is 24.3 Å². The van der Waals surface area contributed by atoms with Crippen LogP contribution in [-0.2, 0) is 0 Å². The molecule has 0 aromatic heterocycles. The predicted octanol–water partition coefficient (Wildman–Crippen LogP) is 2.76. The molecule has 1 amide bonds. The summed E-state index contributed by atoms with van der Waals surface area (Å²) in [5.74, 6) is -0.0258. The average Bonchev–Trinajstić information content (AvgIpc) is 2.33. The Hall–Kier alpha value is -0.770. The number of nitrogens with two attached hydrogens (primary N) is 1. The summed E-state index contributed by atoms with van der Waals surface area (Å²) in [6.07, 6.45) is 3.93.